The van der Waals surface area contributed by atoms with Gasteiger partial charge in [0.05, 0.1) is 0 Å². The van der Waals surface area contributed by atoms with E-state index >= 15 is 0 Å². The van der Waals surface area contributed by atoms with E-state index in [1.807, 2.05) is 0 Å². The highest BCUT2D eigenvalue weighted by Gasteiger charge is 2.13. The Labute approximate surface area is 28.4 Å². The van der Waals surface area contributed by atoms with E-state index in [-0.39, 0.29) is 12.6 Å². The van der Waals surface area contributed by atoms with Gasteiger partial charge in [-0.3, -0.25) is 4.89 Å². The van der Waals surface area contributed by atoms with Crippen molar-refractivity contribution >= 4 is 5.97 Å². The maximum Gasteiger partial charge on any atom is 0.372 e. The Morgan fingerprint density at radius 2 is 2.20 bits per heavy atom. The molecule has 0 aromatic heterocycles. The second-order valence-corrected chi connectivity index (χ2v) is 0.718. The van der Waals surface area contributed by atoms with Crippen molar-refractivity contribution in [3.63, 3.8) is 0 Å². The van der Waals surface area contributed by atoms with Crippen LogP contribution in [0.5, 0.6) is 0 Å². The van der Waals surface area contributed by atoms with Crippen molar-refractivity contribution < 1.29 is 14.6 Å². The Bertz CT molecular complexity index is 51.9. The highest BCUT2D eigenvalue weighted by Crippen LogP contribution is 1.91. The van der Waals surface area contributed by atoms with E-state index in [0.29, 0.717) is 0 Å². The van der Waals surface area contributed by atoms with Crippen LogP contribution in [0.2, 0.25) is 0 Å². The molecule has 0 unspecified atom stereocenters. The average molecular weight is 74.0 g/mol. The third kappa shape index (κ3) is 0.238. The monoisotopic (exact) mass is 74.0 g/mol. The van der Waals surface area contributed by atoms with Crippen LogP contribution in [0, 0.1) is 0 Å². The number of hydrogen-bond donors (Lipinski definition) is 0. The lowest BCUT2D eigenvalue weighted by Gasteiger charge is -2.06. The first-order valence-corrected chi connectivity index (χ1v) is 1.22. The Balaban J connectivity index is 2.32. The van der Waals surface area contributed by atoms with Crippen molar-refractivity contribution in [3.05, 3.63) is 0 Å². The zero-order valence-corrected chi connectivity index (χ0v) is 2.43. The summed E-state index contributed by atoms with van der Waals surface area (Å²) in [6, 6.07) is 0. The van der Waals surface area contributed by atoms with Crippen LogP contribution in [0.1, 0.15) is 0 Å². The molecule has 0 spiro atoms. The van der Waals surface area contributed by atoms with Crippen molar-refractivity contribution in [2.24, 2.45) is 0 Å². The van der Waals surface area contributed by atoms with Gasteiger partial charge in [-0.2, -0.15) is 4.89 Å². The molecule has 1 aliphatic heterocycles. The number of rotatable bonds is 0. The van der Waals surface area contributed by atoms with Crippen LogP contribution in [-0.2, 0) is 14.6 Å². The molecular formula is C2H2O3. The standard InChI is InChI=1S/C2H2O3/c3-2-1-4-5-2/h1H2. The molecule has 0 bridgehead atoms. The van der Waals surface area contributed by atoms with Crippen LogP contribution >= 0.6 is 0 Å². The van der Waals surface area contributed by atoms with Gasteiger partial charge in [0.25, 0.3) is 0 Å². The molecule has 28 valence electrons. The molecule has 0 aromatic rings. The van der Waals surface area contributed by atoms with E-state index in [9.17, 15) is 4.79 Å². The predicted molar refractivity (Wildman–Crippen MR) is 12.0 cm³/mol. The minimum atomic E-state index is -0.287. The lowest BCUT2D eigenvalue weighted by Crippen LogP contribution is -2.23. The van der Waals surface area contributed by atoms with E-state index in [0.717, 1.165) is 0 Å². The van der Waals surface area contributed by atoms with Gasteiger partial charge in [0.15, 0.2) is 6.61 Å². The highest BCUT2D eigenvalue weighted by molar-refractivity contribution is 5.72. The molecule has 1 heterocycles. The molecule has 0 amide bonds. The predicted octanol–water partition coefficient (Wildman–Crippen LogP) is -0.525. The van der Waals surface area contributed by atoms with Crippen molar-refractivity contribution in [3.8, 4) is 0 Å². The van der Waals surface area contributed by atoms with Crippen molar-refractivity contribution in [1.29, 1.82) is 0 Å². The second-order valence-electron chi connectivity index (χ2n) is 0.718. The van der Waals surface area contributed by atoms with Gasteiger partial charge in [-0.1, -0.05) is 0 Å². The molecule has 0 aromatic carbocycles. The van der Waals surface area contributed by atoms with E-state index in [1.54, 1.807) is 0 Å². The largest absolute Gasteiger partial charge is 0.372 e. The van der Waals surface area contributed by atoms with Gasteiger partial charge in [-0.25, -0.2) is 4.79 Å². The number of carbonyl (C=O) groups excluding carboxylic acids is 1. The molecular weight excluding hydrogens is 72.0 g/mol. The van der Waals surface area contributed by atoms with Gasteiger partial charge in [-0.05, 0) is 0 Å². The molecule has 0 saturated carbocycles. The summed E-state index contributed by atoms with van der Waals surface area (Å²) < 4.78 is 0. The fraction of sp³-hybridized carbons (Fsp3) is 0.500. The molecule has 0 radical (unpaired) electrons. The smallest absolute Gasteiger partial charge is 0.295 e. The van der Waals surface area contributed by atoms with Crippen LogP contribution in [0.4, 0.5) is 0 Å². The summed E-state index contributed by atoms with van der Waals surface area (Å²) in [6.45, 7) is 0.125. The fourth-order valence-electron chi connectivity index (χ4n) is 0.107. The minimum absolute atomic E-state index is 0.125. The molecule has 0 atom stereocenters. The molecule has 1 rings (SSSR count). The van der Waals surface area contributed by atoms with E-state index in [2.05, 4.69) is 9.78 Å². The van der Waals surface area contributed by atoms with Crippen LogP contribution in [-0.4, -0.2) is 12.6 Å². The Morgan fingerprint density at radius 3 is 2.20 bits per heavy atom. The summed E-state index contributed by atoms with van der Waals surface area (Å²) >= 11 is 0. The summed E-state index contributed by atoms with van der Waals surface area (Å²) in [4.78, 5) is 17.3. The summed E-state index contributed by atoms with van der Waals surface area (Å²) in [6.07, 6.45) is 0. The molecule has 1 fully saturated rings. The Hall–Kier alpha value is -0.570. The summed E-state index contributed by atoms with van der Waals surface area (Å²) in [5.41, 5.74) is 0. The SMILES string of the molecule is O=C1COO1. The first-order chi connectivity index (χ1) is 2.39. The normalized spacial score (nSPS) is 20.4. The molecule has 1 saturated heterocycles. The summed E-state index contributed by atoms with van der Waals surface area (Å²) in [5.74, 6) is -0.287. The van der Waals surface area contributed by atoms with Crippen LogP contribution in [0.15, 0.2) is 0 Å². The number of carbonyl (C=O) groups is 1. The molecule has 1 aliphatic rings. The van der Waals surface area contributed by atoms with E-state index < -0.39 is 0 Å². The van der Waals surface area contributed by atoms with Crippen LogP contribution < -0.4 is 0 Å². The topological polar surface area (TPSA) is 35.5 Å². The van der Waals surface area contributed by atoms with E-state index in [4.69, 9.17) is 0 Å². The fourth-order valence-corrected chi connectivity index (χ4v) is 0.107. The van der Waals surface area contributed by atoms with Gasteiger partial charge < -0.3 is 0 Å². The summed E-state index contributed by atoms with van der Waals surface area (Å²) in [5, 5.41) is 0. The van der Waals surface area contributed by atoms with Crippen molar-refractivity contribution in [2.75, 3.05) is 6.61 Å². The maximum absolute atomic E-state index is 9.55. The highest BCUT2D eigenvalue weighted by atomic mass is 17.2. The van der Waals surface area contributed by atoms with E-state index in [1.165, 1.54) is 0 Å². The third-order valence-electron chi connectivity index (χ3n) is 0.329. The molecule has 3 heteroatoms. The van der Waals surface area contributed by atoms with Gasteiger partial charge >= 0.3 is 5.97 Å². The lowest BCUT2D eigenvalue weighted by molar-refractivity contribution is -0.328. The number of hydrogen-bond acceptors (Lipinski definition) is 3. The Morgan fingerprint density at radius 1 is 1.80 bits per heavy atom. The van der Waals surface area contributed by atoms with Crippen molar-refractivity contribution in [2.45, 2.75) is 0 Å². The van der Waals surface area contributed by atoms with Crippen LogP contribution in [0.25, 0.3) is 0 Å². The zero-order valence-electron chi connectivity index (χ0n) is 2.43. The quantitative estimate of drug-likeness (QED) is 0.362. The first-order valence-electron chi connectivity index (χ1n) is 1.22. The van der Waals surface area contributed by atoms with Gasteiger partial charge in [0, 0.05) is 0 Å². The first kappa shape index (κ1) is 2.66. The molecule has 5 heavy (non-hydrogen) atoms. The lowest BCUT2D eigenvalue weighted by atomic mass is 10.7. The molecule has 0 N–H and O–H groups in total. The summed E-state index contributed by atoms with van der Waals surface area (Å²) in [7, 11) is 0. The van der Waals surface area contributed by atoms with Crippen molar-refractivity contribution in [1.82, 2.24) is 0 Å². The maximum atomic E-state index is 9.55. The second kappa shape index (κ2) is 0.687. The minimum Gasteiger partial charge on any atom is -0.295 e. The Kier molecular flexibility index (Phi) is 0.365. The van der Waals surface area contributed by atoms with Gasteiger partial charge in [0.1, 0.15) is 0 Å². The molecule has 3 nitrogen and oxygen atoms in total. The molecule has 0 aliphatic carbocycles. The third-order valence-corrected chi connectivity index (χ3v) is 0.329. The van der Waals surface area contributed by atoms with Gasteiger partial charge in [-0.15, -0.1) is 0 Å². The van der Waals surface area contributed by atoms with Gasteiger partial charge in [0.2, 0.25) is 0 Å². The zero-order chi connectivity index (χ0) is 3.70. The van der Waals surface area contributed by atoms with Crippen LogP contribution in [0.3, 0.4) is 0 Å². The average Bonchev–Trinajstić information content (AvgIpc) is 1.30.